The molecule has 4 aromatic rings. The molecule has 0 spiro atoms. The van der Waals surface area contributed by atoms with Gasteiger partial charge >= 0.3 is 0 Å². The lowest BCUT2D eigenvalue weighted by atomic mass is 10.1. The molecular weight excluding hydrogens is 366 g/mol. The first-order valence-corrected chi connectivity index (χ1v) is 9.83. The Bertz CT molecular complexity index is 1130. The van der Waals surface area contributed by atoms with Gasteiger partial charge in [-0.25, -0.2) is 4.98 Å². The number of fused-ring (bicyclic) bond motifs is 1. The lowest BCUT2D eigenvalue weighted by Crippen LogP contribution is -2.18. The summed E-state index contributed by atoms with van der Waals surface area (Å²) >= 11 is 0. The molecule has 2 atom stereocenters. The van der Waals surface area contributed by atoms with Gasteiger partial charge < -0.3 is 11.1 Å². The molecule has 29 heavy (non-hydrogen) atoms. The first kappa shape index (κ1) is 17.7. The lowest BCUT2D eigenvalue weighted by Gasteiger charge is -2.11. The zero-order valence-electron chi connectivity index (χ0n) is 16.2. The largest absolute Gasteiger partial charge is 0.354 e. The van der Waals surface area contributed by atoms with Crippen LogP contribution in [0.1, 0.15) is 19.3 Å². The minimum atomic E-state index is 0.325. The van der Waals surface area contributed by atoms with Crippen molar-refractivity contribution in [3.63, 3.8) is 0 Å². The molecule has 1 fully saturated rings. The topological polar surface area (TPSA) is 112 Å². The van der Waals surface area contributed by atoms with Crippen LogP contribution in [0.5, 0.6) is 0 Å². The summed E-state index contributed by atoms with van der Waals surface area (Å²) in [5.74, 6) is 1.17. The van der Waals surface area contributed by atoms with Crippen molar-refractivity contribution < 1.29 is 0 Å². The molecule has 1 aliphatic rings. The van der Waals surface area contributed by atoms with Crippen LogP contribution in [0.25, 0.3) is 28.0 Å². The second kappa shape index (κ2) is 7.25. The second-order valence-corrected chi connectivity index (χ2v) is 7.67. The summed E-state index contributed by atoms with van der Waals surface area (Å²) in [6, 6.07) is 8.43. The highest BCUT2D eigenvalue weighted by Gasteiger charge is 2.21. The van der Waals surface area contributed by atoms with Crippen LogP contribution in [0, 0.1) is 5.92 Å². The van der Waals surface area contributed by atoms with Gasteiger partial charge in [-0.05, 0) is 42.9 Å². The van der Waals surface area contributed by atoms with Crippen LogP contribution in [-0.2, 0) is 7.05 Å². The molecule has 1 unspecified atom stereocenters. The summed E-state index contributed by atoms with van der Waals surface area (Å²) < 4.78 is 3.53. The van der Waals surface area contributed by atoms with Crippen LogP contribution >= 0.6 is 0 Å². The highest BCUT2D eigenvalue weighted by molar-refractivity contribution is 5.72. The van der Waals surface area contributed by atoms with E-state index in [0.717, 1.165) is 42.6 Å². The van der Waals surface area contributed by atoms with Crippen molar-refractivity contribution in [2.24, 2.45) is 18.7 Å². The number of nitrogens with zero attached hydrogens (tertiary/aromatic N) is 7. The number of hydrogen-bond donors (Lipinski definition) is 2. The molecule has 3 heterocycles. The Morgan fingerprint density at radius 2 is 2.00 bits per heavy atom. The fraction of sp³-hybridized carbons (Fsp3) is 0.350. The molecule has 3 aromatic heterocycles. The minimum Gasteiger partial charge on any atom is -0.354 e. The van der Waals surface area contributed by atoms with Gasteiger partial charge in [0.2, 0.25) is 5.95 Å². The van der Waals surface area contributed by atoms with Gasteiger partial charge in [-0.2, -0.15) is 14.8 Å². The first-order valence-electron chi connectivity index (χ1n) is 9.83. The van der Waals surface area contributed by atoms with Gasteiger partial charge in [0, 0.05) is 31.4 Å². The summed E-state index contributed by atoms with van der Waals surface area (Å²) in [5.41, 5.74) is 10.4. The van der Waals surface area contributed by atoms with Crippen LogP contribution in [0.2, 0.25) is 0 Å². The predicted molar refractivity (Wildman–Crippen MR) is 110 cm³/mol. The summed E-state index contributed by atoms with van der Waals surface area (Å²) in [4.78, 5) is 9.02. The molecule has 9 heteroatoms. The highest BCUT2D eigenvalue weighted by Crippen LogP contribution is 2.25. The molecule has 1 aliphatic carbocycles. The third-order valence-electron chi connectivity index (χ3n) is 5.47. The highest BCUT2D eigenvalue weighted by atomic mass is 15.4. The normalized spacial score (nSPS) is 19.1. The van der Waals surface area contributed by atoms with Crippen molar-refractivity contribution in [2.75, 3.05) is 11.9 Å². The third kappa shape index (κ3) is 3.56. The van der Waals surface area contributed by atoms with Crippen LogP contribution in [0.15, 0.2) is 42.9 Å². The average molecular weight is 389 g/mol. The zero-order chi connectivity index (χ0) is 19.8. The number of nitrogens with one attached hydrogen (secondary N) is 1. The van der Waals surface area contributed by atoms with E-state index < -0.39 is 0 Å². The van der Waals surface area contributed by atoms with Gasteiger partial charge in [0.05, 0.1) is 18.1 Å². The van der Waals surface area contributed by atoms with Gasteiger partial charge in [0.1, 0.15) is 0 Å². The molecule has 0 aliphatic heterocycles. The molecule has 1 aromatic carbocycles. The Morgan fingerprint density at radius 3 is 2.72 bits per heavy atom. The molecule has 5 rings (SSSR count). The fourth-order valence-corrected chi connectivity index (χ4v) is 3.89. The Labute approximate surface area is 168 Å². The Balaban J connectivity index is 1.38. The minimum absolute atomic E-state index is 0.325. The van der Waals surface area contributed by atoms with E-state index in [1.165, 1.54) is 0 Å². The Morgan fingerprint density at radius 1 is 1.14 bits per heavy atom. The number of hydrogen-bond acceptors (Lipinski definition) is 7. The number of benzene rings is 1. The molecule has 1 saturated carbocycles. The van der Waals surface area contributed by atoms with Crippen molar-refractivity contribution in [2.45, 2.75) is 25.3 Å². The van der Waals surface area contributed by atoms with Gasteiger partial charge in [-0.15, -0.1) is 5.10 Å². The van der Waals surface area contributed by atoms with Gasteiger partial charge in [-0.1, -0.05) is 17.3 Å². The summed E-state index contributed by atoms with van der Waals surface area (Å²) in [7, 11) is 1.91. The van der Waals surface area contributed by atoms with Crippen LogP contribution in [0.3, 0.4) is 0 Å². The van der Waals surface area contributed by atoms with Crippen molar-refractivity contribution >= 4 is 17.1 Å². The Hall–Kier alpha value is -3.33. The molecule has 3 N–H and O–H groups in total. The number of nitrogens with two attached hydrogens (primary N) is 1. The van der Waals surface area contributed by atoms with Gasteiger partial charge in [-0.3, -0.25) is 4.68 Å². The maximum atomic E-state index is 6.00. The molecular formula is C20H23N9. The monoisotopic (exact) mass is 389 g/mol. The summed E-state index contributed by atoms with van der Waals surface area (Å²) in [5, 5.41) is 16.0. The summed E-state index contributed by atoms with van der Waals surface area (Å²) in [6.07, 6.45) is 8.85. The quantitative estimate of drug-likeness (QED) is 0.538. The van der Waals surface area contributed by atoms with Gasteiger partial charge in [0.15, 0.2) is 11.2 Å². The van der Waals surface area contributed by atoms with Gasteiger partial charge in [0.25, 0.3) is 0 Å². The molecule has 0 radical (unpaired) electrons. The van der Waals surface area contributed by atoms with E-state index >= 15 is 0 Å². The summed E-state index contributed by atoms with van der Waals surface area (Å²) in [6.45, 7) is 0.834. The average Bonchev–Trinajstić information content (AvgIpc) is 3.46. The van der Waals surface area contributed by atoms with Crippen molar-refractivity contribution in [3.8, 4) is 16.8 Å². The zero-order valence-corrected chi connectivity index (χ0v) is 16.2. The maximum Gasteiger partial charge on any atom is 0.224 e. The first-order chi connectivity index (χ1) is 14.2. The maximum absolute atomic E-state index is 6.00. The van der Waals surface area contributed by atoms with Crippen LogP contribution in [0.4, 0.5) is 5.95 Å². The Kier molecular flexibility index (Phi) is 4.44. The SMILES string of the molecule is Cn1cc(-c2ccc(-n3nnc4cnc(NCC5CC[C@H](N)C5)nc43)cc2)cn1. The predicted octanol–water partition coefficient (Wildman–Crippen LogP) is 2.15. The van der Waals surface area contributed by atoms with Crippen molar-refractivity contribution in [3.05, 3.63) is 42.9 Å². The van der Waals surface area contributed by atoms with Crippen LogP contribution < -0.4 is 11.1 Å². The van der Waals surface area contributed by atoms with E-state index in [1.807, 2.05) is 43.7 Å². The van der Waals surface area contributed by atoms with Crippen molar-refractivity contribution in [1.82, 2.24) is 34.7 Å². The van der Waals surface area contributed by atoms with E-state index in [1.54, 1.807) is 15.6 Å². The fourth-order valence-electron chi connectivity index (χ4n) is 3.89. The lowest BCUT2D eigenvalue weighted by molar-refractivity contribution is 0.564. The third-order valence-corrected chi connectivity index (χ3v) is 5.47. The van der Waals surface area contributed by atoms with E-state index in [0.29, 0.717) is 29.1 Å². The van der Waals surface area contributed by atoms with E-state index in [-0.39, 0.29) is 0 Å². The second-order valence-electron chi connectivity index (χ2n) is 7.67. The van der Waals surface area contributed by atoms with E-state index in [2.05, 4.69) is 30.7 Å². The molecule has 0 saturated heterocycles. The molecule has 148 valence electrons. The van der Waals surface area contributed by atoms with Crippen LogP contribution in [-0.4, -0.2) is 47.3 Å². The molecule has 0 bridgehead atoms. The van der Waals surface area contributed by atoms with Crippen molar-refractivity contribution in [1.29, 1.82) is 0 Å². The van der Waals surface area contributed by atoms with E-state index in [9.17, 15) is 0 Å². The standard InChI is InChI=1S/C20H23N9/c1-28-12-15(10-24-28)14-3-6-17(7-4-14)29-19-18(26-27-29)11-23-20(25-19)22-9-13-2-5-16(21)8-13/h3-4,6-7,10-13,16H,2,5,8-9,21H2,1H3,(H,22,23,25)/t13?,16-/m0/s1. The number of aromatic nitrogens is 7. The number of rotatable bonds is 5. The van der Waals surface area contributed by atoms with E-state index in [4.69, 9.17) is 5.73 Å². The molecule has 0 amide bonds. The number of anilines is 1. The smallest absolute Gasteiger partial charge is 0.224 e. The molecule has 9 nitrogen and oxygen atoms in total. The number of aryl methyl sites for hydroxylation is 1.